The first-order valence-corrected chi connectivity index (χ1v) is 6.44. The zero-order valence-electron chi connectivity index (χ0n) is 8.64. The molecule has 0 amide bonds. The lowest BCUT2D eigenvalue weighted by molar-refractivity contribution is 0.445. The zero-order chi connectivity index (χ0) is 10.1. The summed E-state index contributed by atoms with van der Waals surface area (Å²) in [5.74, 6) is 0. The highest BCUT2D eigenvalue weighted by atomic mass is 35.5. The van der Waals surface area contributed by atoms with E-state index in [2.05, 4.69) is 25.2 Å². The van der Waals surface area contributed by atoms with E-state index in [1.807, 2.05) is 0 Å². The van der Waals surface area contributed by atoms with Gasteiger partial charge in [-0.15, -0.1) is 11.3 Å². The van der Waals surface area contributed by atoms with Gasteiger partial charge in [0.2, 0.25) is 0 Å². The lowest BCUT2D eigenvalue weighted by atomic mass is 10.1. The summed E-state index contributed by atoms with van der Waals surface area (Å²) < 4.78 is 0.936. The first-order valence-electron chi connectivity index (χ1n) is 5.25. The molecule has 1 aromatic rings. The van der Waals surface area contributed by atoms with Crippen LogP contribution in [-0.2, 0) is 6.42 Å². The van der Waals surface area contributed by atoms with Crippen LogP contribution in [-0.4, -0.2) is 6.04 Å². The van der Waals surface area contributed by atoms with Crippen LogP contribution < -0.4 is 5.32 Å². The maximum Gasteiger partial charge on any atom is 0.0934 e. The molecule has 2 atom stereocenters. The van der Waals surface area contributed by atoms with Gasteiger partial charge in [0.1, 0.15) is 0 Å². The summed E-state index contributed by atoms with van der Waals surface area (Å²) in [6.45, 7) is 4.46. The Labute approximate surface area is 94.5 Å². The van der Waals surface area contributed by atoms with Crippen molar-refractivity contribution in [2.24, 2.45) is 0 Å². The molecule has 0 fully saturated rings. The number of rotatable bonds is 3. The molecule has 0 saturated heterocycles. The highest BCUT2D eigenvalue weighted by molar-refractivity contribution is 7.16. The molecular weight excluding hydrogens is 214 g/mol. The molecule has 1 aliphatic carbocycles. The van der Waals surface area contributed by atoms with Crippen LogP contribution in [0.25, 0.3) is 0 Å². The number of nitrogens with one attached hydrogen (secondary N) is 1. The Morgan fingerprint density at radius 1 is 1.71 bits per heavy atom. The lowest BCUT2D eigenvalue weighted by Crippen LogP contribution is -2.28. The number of thiophene rings is 1. The van der Waals surface area contributed by atoms with Crippen molar-refractivity contribution < 1.29 is 0 Å². The van der Waals surface area contributed by atoms with Crippen molar-refractivity contribution in [2.45, 2.75) is 45.2 Å². The summed E-state index contributed by atoms with van der Waals surface area (Å²) in [5, 5.41) is 3.65. The predicted octanol–water partition coefficient (Wildman–Crippen LogP) is 3.78. The van der Waals surface area contributed by atoms with Gasteiger partial charge in [-0.2, -0.15) is 0 Å². The summed E-state index contributed by atoms with van der Waals surface area (Å²) in [7, 11) is 0. The predicted molar refractivity (Wildman–Crippen MR) is 63.3 cm³/mol. The number of halogens is 1. The third-order valence-electron chi connectivity index (χ3n) is 2.95. The van der Waals surface area contributed by atoms with Gasteiger partial charge in [0.05, 0.1) is 4.34 Å². The van der Waals surface area contributed by atoms with Crippen molar-refractivity contribution in [1.82, 2.24) is 5.32 Å². The summed E-state index contributed by atoms with van der Waals surface area (Å²) in [6, 6.07) is 3.28. The Morgan fingerprint density at radius 3 is 3.21 bits per heavy atom. The third-order valence-corrected chi connectivity index (χ3v) is 4.28. The molecule has 3 heteroatoms. The zero-order valence-corrected chi connectivity index (χ0v) is 10.2. The molecule has 1 nitrogen and oxygen atoms in total. The van der Waals surface area contributed by atoms with E-state index in [1.54, 1.807) is 11.3 Å². The van der Waals surface area contributed by atoms with E-state index in [0.717, 1.165) is 4.34 Å². The quantitative estimate of drug-likeness (QED) is 0.832. The minimum Gasteiger partial charge on any atom is -0.307 e. The summed E-state index contributed by atoms with van der Waals surface area (Å²) in [5.41, 5.74) is 1.44. The Hall–Kier alpha value is -0.0500. The molecule has 0 spiro atoms. The Balaban J connectivity index is 2.09. The monoisotopic (exact) mass is 229 g/mol. The second-order valence-electron chi connectivity index (χ2n) is 4.00. The van der Waals surface area contributed by atoms with Crippen molar-refractivity contribution in [3.8, 4) is 0 Å². The summed E-state index contributed by atoms with van der Waals surface area (Å²) >= 11 is 7.75. The molecular formula is C11H16ClNS. The molecule has 0 aromatic carbocycles. The Bertz CT molecular complexity index is 321. The number of aryl methyl sites for hydroxylation is 1. The molecule has 0 radical (unpaired) electrons. The Morgan fingerprint density at radius 2 is 2.50 bits per heavy atom. The van der Waals surface area contributed by atoms with Crippen LogP contribution in [0.2, 0.25) is 4.34 Å². The largest absolute Gasteiger partial charge is 0.307 e. The summed E-state index contributed by atoms with van der Waals surface area (Å²) in [4.78, 5) is 1.48. The maximum absolute atomic E-state index is 6.00. The molecule has 2 unspecified atom stereocenters. The van der Waals surface area contributed by atoms with Gasteiger partial charge in [-0.3, -0.25) is 0 Å². The third kappa shape index (κ3) is 1.97. The fourth-order valence-corrected chi connectivity index (χ4v) is 3.32. The Kier molecular flexibility index (Phi) is 3.15. The van der Waals surface area contributed by atoms with Gasteiger partial charge in [-0.1, -0.05) is 18.5 Å². The van der Waals surface area contributed by atoms with Crippen LogP contribution in [0.5, 0.6) is 0 Å². The van der Waals surface area contributed by atoms with E-state index in [-0.39, 0.29) is 0 Å². The number of hydrogen-bond acceptors (Lipinski definition) is 2. The first-order chi connectivity index (χ1) is 6.70. The van der Waals surface area contributed by atoms with Gasteiger partial charge in [-0.25, -0.2) is 0 Å². The van der Waals surface area contributed by atoms with E-state index in [0.29, 0.717) is 12.1 Å². The molecule has 1 heterocycles. The average molecular weight is 230 g/mol. The standard InChI is InChI=1S/C11H16ClNS/c1-3-7(2)13-9-4-5-10-8(9)6-11(12)14-10/h6-7,9,13H,3-5H2,1-2H3. The second-order valence-corrected chi connectivity index (χ2v) is 5.76. The van der Waals surface area contributed by atoms with Crippen LogP contribution in [0, 0.1) is 0 Å². The van der Waals surface area contributed by atoms with Crippen LogP contribution >= 0.6 is 22.9 Å². The van der Waals surface area contributed by atoms with E-state index in [1.165, 1.54) is 29.7 Å². The molecule has 0 bridgehead atoms. The first kappa shape index (κ1) is 10.5. The fraction of sp³-hybridized carbons (Fsp3) is 0.636. The van der Waals surface area contributed by atoms with Crippen molar-refractivity contribution in [3.63, 3.8) is 0 Å². The molecule has 2 rings (SSSR count). The lowest BCUT2D eigenvalue weighted by Gasteiger charge is -2.18. The smallest absolute Gasteiger partial charge is 0.0934 e. The fourth-order valence-electron chi connectivity index (χ4n) is 1.96. The van der Waals surface area contributed by atoms with E-state index in [9.17, 15) is 0 Å². The second kappa shape index (κ2) is 4.21. The summed E-state index contributed by atoms with van der Waals surface area (Å²) in [6.07, 6.45) is 3.62. The van der Waals surface area contributed by atoms with Crippen molar-refractivity contribution >= 4 is 22.9 Å². The topological polar surface area (TPSA) is 12.0 Å². The van der Waals surface area contributed by atoms with Gasteiger partial charge < -0.3 is 5.32 Å². The SMILES string of the molecule is CCC(C)NC1CCc2sc(Cl)cc21. The van der Waals surface area contributed by atoms with Gasteiger partial charge in [-0.05, 0) is 37.8 Å². The van der Waals surface area contributed by atoms with Crippen LogP contribution in [0.3, 0.4) is 0 Å². The molecule has 0 saturated carbocycles. The molecule has 1 aliphatic rings. The normalized spacial score (nSPS) is 22.4. The molecule has 1 N–H and O–H groups in total. The molecule has 0 aliphatic heterocycles. The van der Waals surface area contributed by atoms with Crippen molar-refractivity contribution in [2.75, 3.05) is 0 Å². The highest BCUT2D eigenvalue weighted by Gasteiger charge is 2.25. The minimum absolute atomic E-state index is 0.545. The average Bonchev–Trinajstić information content (AvgIpc) is 2.67. The molecule has 1 aromatic heterocycles. The molecule has 78 valence electrons. The van der Waals surface area contributed by atoms with Gasteiger partial charge in [0, 0.05) is 17.0 Å². The van der Waals surface area contributed by atoms with Gasteiger partial charge in [0.15, 0.2) is 0 Å². The van der Waals surface area contributed by atoms with E-state index >= 15 is 0 Å². The van der Waals surface area contributed by atoms with Crippen molar-refractivity contribution in [1.29, 1.82) is 0 Å². The van der Waals surface area contributed by atoms with E-state index in [4.69, 9.17) is 11.6 Å². The van der Waals surface area contributed by atoms with E-state index < -0.39 is 0 Å². The number of hydrogen-bond donors (Lipinski definition) is 1. The highest BCUT2D eigenvalue weighted by Crippen LogP contribution is 2.39. The molecule has 14 heavy (non-hydrogen) atoms. The van der Waals surface area contributed by atoms with Crippen molar-refractivity contribution in [3.05, 3.63) is 20.8 Å². The van der Waals surface area contributed by atoms with Crippen LogP contribution in [0.1, 0.15) is 43.2 Å². The minimum atomic E-state index is 0.545. The van der Waals surface area contributed by atoms with Crippen LogP contribution in [0.4, 0.5) is 0 Å². The van der Waals surface area contributed by atoms with Gasteiger partial charge >= 0.3 is 0 Å². The number of fused-ring (bicyclic) bond motifs is 1. The van der Waals surface area contributed by atoms with Gasteiger partial charge in [0.25, 0.3) is 0 Å². The van der Waals surface area contributed by atoms with Crippen LogP contribution in [0.15, 0.2) is 6.07 Å². The maximum atomic E-state index is 6.00.